The predicted molar refractivity (Wildman–Crippen MR) is 184 cm³/mol. The van der Waals surface area contributed by atoms with E-state index >= 15 is 0 Å². The lowest BCUT2D eigenvalue weighted by Crippen LogP contribution is -2.40. The van der Waals surface area contributed by atoms with Crippen LogP contribution in [0.5, 0.6) is 5.75 Å². The molecule has 3 heterocycles. The number of carbonyl (C=O) groups is 1. The Kier molecular flexibility index (Phi) is 7.91. The van der Waals surface area contributed by atoms with Crippen molar-refractivity contribution in [2.24, 2.45) is 4.99 Å². The van der Waals surface area contributed by atoms with Crippen LogP contribution in [-0.4, -0.2) is 22.2 Å². The Morgan fingerprint density at radius 2 is 1.66 bits per heavy atom. The second-order valence-corrected chi connectivity index (χ2v) is 12.4. The molecule has 9 heteroatoms. The van der Waals surface area contributed by atoms with E-state index < -0.39 is 6.04 Å². The highest BCUT2D eigenvalue weighted by atomic mass is 32.1. The van der Waals surface area contributed by atoms with E-state index in [1.165, 1.54) is 23.5 Å². The molecule has 234 valence electrons. The summed E-state index contributed by atoms with van der Waals surface area (Å²) in [6.07, 6.45) is 1.93. The number of hydrogen-bond acceptors (Lipinski definition) is 5. The maximum Gasteiger partial charge on any atom is 0.271 e. The van der Waals surface area contributed by atoms with Crippen LogP contribution < -0.4 is 24.9 Å². The predicted octanol–water partition coefficient (Wildman–Crippen LogP) is 6.33. The van der Waals surface area contributed by atoms with Gasteiger partial charge in [-0.25, -0.2) is 9.38 Å². The van der Waals surface area contributed by atoms with Gasteiger partial charge in [0.05, 0.1) is 29.0 Å². The number of aromatic nitrogens is 2. The highest BCUT2D eigenvalue weighted by Gasteiger charge is 2.32. The van der Waals surface area contributed by atoms with E-state index in [9.17, 15) is 14.0 Å². The lowest BCUT2D eigenvalue weighted by Gasteiger charge is -2.25. The summed E-state index contributed by atoms with van der Waals surface area (Å²) in [5.41, 5.74) is 6.00. The number of nitrogens with one attached hydrogen (secondary N) is 1. The van der Waals surface area contributed by atoms with Crippen LogP contribution in [0.25, 0.3) is 17.0 Å². The van der Waals surface area contributed by atoms with Crippen LogP contribution >= 0.6 is 11.3 Å². The minimum atomic E-state index is -0.705. The standard InChI is InChI=1S/C38H31FN4O3S/c1-23-34(36(44)41-28-9-5-4-6-10-28)35(26-15-19-29(46-3)20-16-26)43-37(45)33(47-38(43)40-23)21-31-24(2)42(32-12-8-7-11-30(31)32)22-25-13-17-27(39)18-14-25/h4-21,35H,22H2,1-3H3,(H,41,44)/b33-21+/t35-/m1/s1. The highest BCUT2D eigenvalue weighted by molar-refractivity contribution is 7.07. The number of thiazole rings is 1. The van der Waals surface area contributed by atoms with Crippen molar-refractivity contribution in [1.29, 1.82) is 0 Å². The summed E-state index contributed by atoms with van der Waals surface area (Å²) in [6.45, 7) is 4.39. The fourth-order valence-corrected chi connectivity index (χ4v) is 7.21. The van der Waals surface area contributed by atoms with Gasteiger partial charge >= 0.3 is 0 Å². The molecule has 0 aliphatic carbocycles. The summed E-state index contributed by atoms with van der Waals surface area (Å²) < 4.78 is 23.3. The van der Waals surface area contributed by atoms with E-state index in [2.05, 4.69) is 16.0 Å². The number of carbonyl (C=O) groups excluding carboxylic acids is 1. The van der Waals surface area contributed by atoms with Gasteiger partial charge in [-0.2, -0.15) is 0 Å². The molecular formula is C38H31FN4O3S. The molecule has 0 unspecified atom stereocenters. The molecule has 0 fully saturated rings. The van der Waals surface area contributed by atoms with E-state index in [0.717, 1.165) is 33.3 Å². The molecule has 7 rings (SSSR count). The van der Waals surface area contributed by atoms with Crippen molar-refractivity contribution >= 4 is 39.9 Å². The number of anilines is 1. The molecule has 47 heavy (non-hydrogen) atoms. The zero-order valence-electron chi connectivity index (χ0n) is 26.0. The van der Waals surface area contributed by atoms with Gasteiger partial charge in [0.2, 0.25) is 0 Å². The number of benzene rings is 4. The maximum absolute atomic E-state index is 14.4. The Morgan fingerprint density at radius 3 is 2.38 bits per heavy atom. The number of allylic oxidation sites excluding steroid dienone is 1. The maximum atomic E-state index is 14.4. The quantitative estimate of drug-likeness (QED) is 0.221. The minimum absolute atomic E-state index is 0.234. The van der Waals surface area contributed by atoms with Gasteiger partial charge in [-0.05, 0) is 73.5 Å². The fourth-order valence-electron chi connectivity index (χ4n) is 6.18. The first-order valence-electron chi connectivity index (χ1n) is 15.2. The molecule has 2 aromatic heterocycles. The Bertz CT molecular complexity index is 2350. The summed E-state index contributed by atoms with van der Waals surface area (Å²) in [4.78, 5) is 33.6. The van der Waals surface area contributed by atoms with Crippen molar-refractivity contribution in [2.45, 2.75) is 26.4 Å². The summed E-state index contributed by atoms with van der Waals surface area (Å²) in [6, 6.07) is 30.5. The average molecular weight is 643 g/mol. The van der Waals surface area contributed by atoms with Crippen LogP contribution in [0.2, 0.25) is 0 Å². The molecule has 1 N–H and O–H groups in total. The normalized spacial score (nSPS) is 14.6. The number of methoxy groups -OCH3 is 1. The Morgan fingerprint density at radius 1 is 0.957 bits per heavy atom. The first kappa shape index (κ1) is 30.1. The average Bonchev–Trinajstić information content (AvgIpc) is 3.53. The van der Waals surface area contributed by atoms with E-state index in [0.29, 0.717) is 38.6 Å². The number of nitrogens with zero attached hydrogens (tertiary/aromatic N) is 3. The molecule has 1 amide bonds. The van der Waals surface area contributed by atoms with E-state index in [1.54, 1.807) is 30.7 Å². The zero-order chi connectivity index (χ0) is 32.7. The molecule has 1 aliphatic heterocycles. The first-order chi connectivity index (χ1) is 22.8. The fraction of sp³-hybridized carbons (Fsp3) is 0.132. The molecular weight excluding hydrogens is 612 g/mol. The van der Waals surface area contributed by atoms with Crippen molar-refractivity contribution in [2.75, 3.05) is 12.4 Å². The molecule has 0 saturated carbocycles. The van der Waals surface area contributed by atoms with Crippen LogP contribution in [0, 0.1) is 12.7 Å². The van der Waals surface area contributed by atoms with Crippen LogP contribution in [0.4, 0.5) is 10.1 Å². The highest BCUT2D eigenvalue weighted by Crippen LogP contribution is 2.32. The van der Waals surface area contributed by atoms with Crippen molar-refractivity contribution < 1.29 is 13.9 Å². The third-order valence-electron chi connectivity index (χ3n) is 8.54. The Balaban J connectivity index is 1.38. The molecule has 4 aromatic carbocycles. The minimum Gasteiger partial charge on any atom is -0.497 e. The van der Waals surface area contributed by atoms with Crippen molar-refractivity contribution in [3.05, 3.63) is 162 Å². The number of fused-ring (bicyclic) bond motifs is 2. The molecule has 1 aliphatic rings. The molecule has 0 radical (unpaired) electrons. The van der Waals surface area contributed by atoms with Gasteiger partial charge in [0.15, 0.2) is 4.80 Å². The van der Waals surface area contributed by atoms with E-state index in [-0.39, 0.29) is 17.3 Å². The Labute approximate surface area is 274 Å². The molecule has 6 aromatic rings. The molecule has 0 spiro atoms. The second kappa shape index (κ2) is 12.3. The molecule has 0 saturated heterocycles. The van der Waals surface area contributed by atoms with Crippen LogP contribution in [0.1, 0.15) is 35.3 Å². The van der Waals surface area contributed by atoms with Gasteiger partial charge in [0.1, 0.15) is 11.6 Å². The van der Waals surface area contributed by atoms with Gasteiger partial charge in [-0.3, -0.25) is 14.2 Å². The summed E-state index contributed by atoms with van der Waals surface area (Å²) >= 11 is 1.30. The SMILES string of the molecule is COc1ccc([C@@H]2C(C(=O)Nc3ccccc3)=C(C)N=c3s/c(=C/c4c(C)n(Cc5ccc(F)cc5)c5ccccc45)c(=O)n32)cc1. The summed E-state index contributed by atoms with van der Waals surface area (Å²) in [5.74, 6) is 0.0692. The number of rotatable bonds is 7. The van der Waals surface area contributed by atoms with Gasteiger partial charge in [-0.15, -0.1) is 0 Å². The molecule has 1 atom stereocenters. The molecule has 7 nitrogen and oxygen atoms in total. The number of ether oxygens (including phenoxy) is 1. The third kappa shape index (κ3) is 5.59. The number of hydrogen-bond donors (Lipinski definition) is 1. The monoisotopic (exact) mass is 642 g/mol. The van der Waals surface area contributed by atoms with E-state index in [4.69, 9.17) is 9.73 Å². The van der Waals surface area contributed by atoms with Crippen molar-refractivity contribution in [1.82, 2.24) is 9.13 Å². The summed E-state index contributed by atoms with van der Waals surface area (Å²) in [5, 5.41) is 3.99. The topological polar surface area (TPSA) is 77.6 Å². The largest absolute Gasteiger partial charge is 0.497 e. The third-order valence-corrected chi connectivity index (χ3v) is 9.52. The van der Waals surface area contributed by atoms with E-state index in [1.807, 2.05) is 85.8 Å². The second-order valence-electron chi connectivity index (χ2n) is 11.4. The smallest absolute Gasteiger partial charge is 0.271 e. The zero-order valence-corrected chi connectivity index (χ0v) is 26.8. The lowest BCUT2D eigenvalue weighted by atomic mass is 9.95. The van der Waals surface area contributed by atoms with Crippen molar-refractivity contribution in [3.8, 4) is 5.75 Å². The molecule has 0 bridgehead atoms. The van der Waals surface area contributed by atoms with Crippen molar-refractivity contribution in [3.63, 3.8) is 0 Å². The van der Waals surface area contributed by atoms with Gasteiger partial charge in [0.25, 0.3) is 11.5 Å². The Hall–Kier alpha value is -5.54. The number of halogens is 1. The lowest BCUT2D eigenvalue weighted by molar-refractivity contribution is -0.113. The van der Waals surface area contributed by atoms with Crippen LogP contribution in [-0.2, 0) is 11.3 Å². The van der Waals surface area contributed by atoms with Gasteiger partial charge in [-0.1, -0.05) is 72.0 Å². The summed E-state index contributed by atoms with van der Waals surface area (Å²) in [7, 11) is 1.60. The van der Waals surface area contributed by atoms with Crippen LogP contribution in [0.15, 0.2) is 124 Å². The number of para-hydroxylation sites is 2. The first-order valence-corrected chi connectivity index (χ1v) is 16.0. The van der Waals surface area contributed by atoms with Gasteiger partial charge < -0.3 is 14.6 Å². The van der Waals surface area contributed by atoms with Crippen LogP contribution in [0.3, 0.4) is 0 Å². The number of amides is 1. The van der Waals surface area contributed by atoms with Gasteiger partial charge in [0, 0.05) is 34.4 Å².